The van der Waals surface area contributed by atoms with E-state index in [1.165, 1.54) is 5.56 Å². The predicted octanol–water partition coefficient (Wildman–Crippen LogP) is 3.86. The molecule has 0 aliphatic carbocycles. The van der Waals surface area contributed by atoms with Gasteiger partial charge in [0.15, 0.2) is 0 Å². The van der Waals surface area contributed by atoms with E-state index in [2.05, 4.69) is 47.6 Å². The monoisotopic (exact) mass is 419 g/mol. The number of nitrogens with two attached hydrogens (primary N) is 1. The molecule has 0 unspecified atom stereocenters. The minimum absolute atomic E-state index is 0.633. The number of aryl methyl sites for hydroxylation is 1. The minimum atomic E-state index is -2.38. The third kappa shape index (κ3) is 5.01. The van der Waals surface area contributed by atoms with Gasteiger partial charge in [0.25, 0.3) is 0 Å². The van der Waals surface area contributed by atoms with Crippen LogP contribution in [0.4, 0.5) is 0 Å². The van der Waals surface area contributed by atoms with E-state index in [0.717, 1.165) is 17.0 Å². The number of hydrogen-bond acceptors (Lipinski definition) is 3. The van der Waals surface area contributed by atoms with E-state index < -0.39 is 17.8 Å². The number of nitriles is 1. The molecular formula is C24H26N3PS. The van der Waals surface area contributed by atoms with Crippen LogP contribution in [-0.4, -0.2) is 11.6 Å². The van der Waals surface area contributed by atoms with Gasteiger partial charge in [0, 0.05) is 16.1 Å². The highest BCUT2D eigenvalue weighted by atomic mass is 32.4. The number of nitrogens with zero attached hydrogens (tertiary/aromatic N) is 1. The molecule has 3 nitrogen and oxygen atoms in total. The normalized spacial score (nSPS) is 14.5. The fourth-order valence-corrected chi connectivity index (χ4v) is 7.45. The lowest BCUT2D eigenvalue weighted by Crippen LogP contribution is -2.56. The van der Waals surface area contributed by atoms with Gasteiger partial charge in [0.05, 0.1) is 12.3 Å². The molecule has 0 aliphatic heterocycles. The van der Waals surface area contributed by atoms with Crippen molar-refractivity contribution in [1.29, 1.82) is 5.26 Å². The first-order chi connectivity index (χ1) is 14.0. The lowest BCUT2D eigenvalue weighted by molar-refractivity contribution is 0.365. The maximum atomic E-state index is 9.67. The van der Waals surface area contributed by atoms with E-state index in [0.29, 0.717) is 6.42 Å². The molecule has 0 amide bonds. The molecule has 3 N–H and O–H groups in total. The molecule has 2 atom stereocenters. The van der Waals surface area contributed by atoms with Crippen LogP contribution in [0.2, 0.25) is 0 Å². The van der Waals surface area contributed by atoms with Crippen molar-refractivity contribution in [2.75, 3.05) is 0 Å². The van der Waals surface area contributed by atoms with Gasteiger partial charge in [0.1, 0.15) is 6.04 Å². The molecule has 0 saturated heterocycles. The number of benzene rings is 3. The van der Waals surface area contributed by atoms with Gasteiger partial charge in [-0.05, 0) is 25.3 Å². The number of hydrogen-bond donors (Lipinski definition) is 2. The molecule has 0 bridgehead atoms. The third-order valence-electron chi connectivity index (χ3n) is 5.25. The SMILES string of the molecule is C[C@](CCc1ccccc1)(NP(=S)(c1ccccc1)c1ccccc1)[C@@H](N)C#N. The molecule has 0 saturated carbocycles. The fraction of sp³-hybridized carbons (Fsp3) is 0.208. The Labute approximate surface area is 178 Å². The van der Waals surface area contributed by atoms with Crippen molar-refractivity contribution in [3.63, 3.8) is 0 Å². The van der Waals surface area contributed by atoms with Crippen LogP contribution >= 0.6 is 6.19 Å². The smallest absolute Gasteiger partial charge is 0.111 e. The zero-order valence-corrected chi connectivity index (χ0v) is 18.2. The average Bonchev–Trinajstić information content (AvgIpc) is 2.79. The highest BCUT2D eigenvalue weighted by molar-refractivity contribution is 8.21. The third-order valence-corrected chi connectivity index (χ3v) is 9.67. The topological polar surface area (TPSA) is 61.8 Å². The van der Waals surface area contributed by atoms with Gasteiger partial charge < -0.3 is 5.73 Å². The molecule has 3 aromatic carbocycles. The van der Waals surface area contributed by atoms with Crippen LogP contribution in [0.3, 0.4) is 0 Å². The van der Waals surface area contributed by atoms with E-state index >= 15 is 0 Å². The first-order valence-electron chi connectivity index (χ1n) is 9.68. The van der Waals surface area contributed by atoms with E-state index in [4.69, 9.17) is 17.5 Å². The maximum absolute atomic E-state index is 9.67. The fourth-order valence-electron chi connectivity index (χ4n) is 3.39. The van der Waals surface area contributed by atoms with Gasteiger partial charge in [0.2, 0.25) is 0 Å². The van der Waals surface area contributed by atoms with Gasteiger partial charge in [-0.2, -0.15) is 5.26 Å². The predicted molar refractivity (Wildman–Crippen MR) is 126 cm³/mol. The summed E-state index contributed by atoms with van der Waals surface area (Å²) in [7, 11) is 0. The highest BCUT2D eigenvalue weighted by Crippen LogP contribution is 2.43. The van der Waals surface area contributed by atoms with E-state index in [1.807, 2.05) is 61.5 Å². The molecule has 0 heterocycles. The second-order valence-corrected chi connectivity index (χ2v) is 11.5. The Morgan fingerprint density at radius 3 is 1.83 bits per heavy atom. The quantitative estimate of drug-likeness (QED) is 0.544. The molecule has 5 heteroatoms. The number of nitrogens with one attached hydrogen (secondary N) is 1. The Hall–Kier alpha value is -2.28. The van der Waals surface area contributed by atoms with Gasteiger partial charge in [-0.3, -0.25) is 5.09 Å². The zero-order valence-electron chi connectivity index (χ0n) is 16.5. The summed E-state index contributed by atoms with van der Waals surface area (Å²) in [5.74, 6) is 0. The molecule has 29 heavy (non-hydrogen) atoms. The Morgan fingerprint density at radius 1 is 0.931 bits per heavy atom. The minimum Gasteiger partial charge on any atom is -0.314 e. The Bertz CT molecular complexity index is 959. The summed E-state index contributed by atoms with van der Waals surface area (Å²) in [6.45, 7) is 2.02. The standard InChI is InChI=1S/C24H26N3PS/c1-24(23(26)19-25,18-17-20-11-5-2-6-12-20)27-28(29,21-13-7-3-8-14-21)22-15-9-4-10-16-22/h2-16,23H,17-18,26H2,1H3,(H,27,29)/t23-,24+/m0/s1. The molecule has 0 radical (unpaired) electrons. The van der Waals surface area contributed by atoms with Crippen LogP contribution in [0.15, 0.2) is 91.0 Å². The molecule has 0 spiro atoms. The van der Waals surface area contributed by atoms with E-state index in [-0.39, 0.29) is 0 Å². The molecule has 0 aromatic heterocycles. The summed E-state index contributed by atoms with van der Waals surface area (Å²) in [6.07, 6.45) is -0.852. The van der Waals surface area contributed by atoms with Crippen molar-refractivity contribution in [3.8, 4) is 6.07 Å². The summed E-state index contributed by atoms with van der Waals surface area (Å²) in [4.78, 5) is 0. The molecule has 3 aromatic rings. The lowest BCUT2D eigenvalue weighted by Gasteiger charge is -2.39. The van der Waals surface area contributed by atoms with Crippen molar-refractivity contribution in [1.82, 2.24) is 5.09 Å². The average molecular weight is 420 g/mol. The largest absolute Gasteiger partial charge is 0.314 e. The zero-order chi connectivity index (χ0) is 20.7. The lowest BCUT2D eigenvalue weighted by atomic mass is 9.88. The van der Waals surface area contributed by atoms with E-state index in [1.54, 1.807) is 0 Å². The Balaban J connectivity index is 2.00. The van der Waals surface area contributed by atoms with Crippen LogP contribution in [0.1, 0.15) is 18.9 Å². The van der Waals surface area contributed by atoms with Crippen molar-refractivity contribution in [2.24, 2.45) is 5.73 Å². The van der Waals surface area contributed by atoms with Crippen LogP contribution in [-0.2, 0) is 18.2 Å². The van der Waals surface area contributed by atoms with Crippen molar-refractivity contribution < 1.29 is 0 Å². The molecular weight excluding hydrogens is 393 g/mol. The van der Waals surface area contributed by atoms with Crippen LogP contribution in [0, 0.1) is 11.3 Å². The Kier molecular flexibility index (Phi) is 7.00. The van der Waals surface area contributed by atoms with Gasteiger partial charge >= 0.3 is 0 Å². The number of rotatable bonds is 8. The maximum Gasteiger partial charge on any atom is 0.111 e. The summed E-state index contributed by atoms with van der Waals surface area (Å²) in [5, 5.41) is 15.5. The van der Waals surface area contributed by atoms with Crippen LogP contribution < -0.4 is 21.4 Å². The van der Waals surface area contributed by atoms with Crippen molar-refractivity contribution in [3.05, 3.63) is 96.6 Å². The van der Waals surface area contributed by atoms with Crippen LogP contribution in [0.5, 0.6) is 0 Å². The molecule has 0 fully saturated rings. The van der Waals surface area contributed by atoms with E-state index in [9.17, 15) is 5.26 Å². The van der Waals surface area contributed by atoms with Gasteiger partial charge in [-0.15, -0.1) is 0 Å². The molecule has 3 rings (SSSR count). The van der Waals surface area contributed by atoms with Crippen molar-refractivity contribution >= 4 is 28.6 Å². The highest BCUT2D eigenvalue weighted by Gasteiger charge is 2.37. The Morgan fingerprint density at radius 2 is 1.38 bits per heavy atom. The first kappa shape index (κ1) is 21.4. The van der Waals surface area contributed by atoms with Crippen molar-refractivity contribution in [2.45, 2.75) is 31.3 Å². The first-order valence-corrected chi connectivity index (χ1v) is 12.5. The van der Waals surface area contributed by atoms with Gasteiger partial charge in [-0.25, -0.2) is 0 Å². The van der Waals surface area contributed by atoms with Crippen LogP contribution in [0.25, 0.3) is 0 Å². The molecule has 148 valence electrons. The second-order valence-electron chi connectivity index (χ2n) is 7.40. The summed E-state index contributed by atoms with van der Waals surface area (Å²) < 4.78 is 0. The summed E-state index contributed by atoms with van der Waals surface area (Å²) in [6, 6.07) is 32.1. The summed E-state index contributed by atoms with van der Waals surface area (Å²) >= 11 is 6.32. The second kappa shape index (κ2) is 9.48. The summed E-state index contributed by atoms with van der Waals surface area (Å²) in [5.41, 5.74) is 6.91. The molecule has 0 aliphatic rings. The van der Waals surface area contributed by atoms with Gasteiger partial charge in [-0.1, -0.05) is 103 Å².